The molecule has 0 heterocycles. The third-order valence-corrected chi connectivity index (χ3v) is 5.93. The summed E-state index contributed by atoms with van der Waals surface area (Å²) in [6, 6.07) is 12.5. The van der Waals surface area contributed by atoms with E-state index in [1.165, 1.54) is 33.4 Å². The number of carbonyl (C=O) groups is 2. The number of esters is 2. The molecule has 4 rings (SSSR count). The Hall–Kier alpha value is -3.14. The lowest BCUT2D eigenvalue weighted by Crippen LogP contribution is -2.04. The predicted octanol–water partition coefficient (Wildman–Crippen LogP) is 5.78. The second kappa shape index (κ2) is 10.9. The molecule has 0 N–H and O–H groups in total. The first-order valence-corrected chi connectivity index (χ1v) is 11.3. The van der Waals surface area contributed by atoms with E-state index in [2.05, 4.69) is 44.2 Å². The Balaban J connectivity index is 0.000000181. The third-order valence-electron chi connectivity index (χ3n) is 5.93. The molecule has 32 heavy (non-hydrogen) atoms. The minimum Gasteiger partial charge on any atom is -0.466 e. The molecule has 0 aliphatic heterocycles. The molecule has 4 nitrogen and oxygen atoms in total. The van der Waals surface area contributed by atoms with Crippen LogP contribution in [0.15, 0.2) is 48.6 Å². The van der Waals surface area contributed by atoms with Crippen molar-refractivity contribution in [3.63, 3.8) is 0 Å². The molecule has 0 bridgehead atoms. The van der Waals surface area contributed by atoms with E-state index in [0.717, 1.165) is 30.4 Å². The Morgan fingerprint density at radius 3 is 2.22 bits per heavy atom. The molecule has 0 unspecified atom stereocenters. The molecule has 0 aromatic heterocycles. The van der Waals surface area contributed by atoms with Crippen molar-refractivity contribution in [2.75, 3.05) is 13.2 Å². The summed E-state index contributed by atoms with van der Waals surface area (Å²) in [6.07, 6.45) is 7.08. The molecule has 2 aliphatic rings. The van der Waals surface area contributed by atoms with Gasteiger partial charge >= 0.3 is 11.9 Å². The average molecular weight is 433 g/mol. The number of allylic oxidation sites excluding steroid dienone is 2. The summed E-state index contributed by atoms with van der Waals surface area (Å²) < 4.78 is 9.90. The first kappa shape index (κ1) is 23.5. The molecule has 0 saturated carbocycles. The Kier molecular flexibility index (Phi) is 8.04. The molecule has 168 valence electrons. The average Bonchev–Trinajstić information content (AvgIpc) is 3.35. The quantitative estimate of drug-likeness (QED) is 0.444. The summed E-state index contributed by atoms with van der Waals surface area (Å²) in [5, 5.41) is 0. The number of fused-ring (bicyclic) bond motifs is 2. The van der Waals surface area contributed by atoms with Crippen molar-refractivity contribution in [3.8, 4) is 0 Å². The molecule has 4 heteroatoms. The minimum absolute atomic E-state index is 0.136. The van der Waals surface area contributed by atoms with Gasteiger partial charge in [-0.3, -0.25) is 4.79 Å². The van der Waals surface area contributed by atoms with E-state index in [4.69, 9.17) is 9.47 Å². The summed E-state index contributed by atoms with van der Waals surface area (Å²) in [7, 11) is 0. The van der Waals surface area contributed by atoms with E-state index in [-0.39, 0.29) is 11.9 Å². The van der Waals surface area contributed by atoms with Gasteiger partial charge in [0.05, 0.1) is 19.6 Å². The van der Waals surface area contributed by atoms with E-state index in [9.17, 15) is 9.59 Å². The lowest BCUT2D eigenvalue weighted by Gasteiger charge is -2.07. The standard InChI is InChI=1S/2C14H16O2/c2*1-3-16-14(15)9-11-7-8-12-10(2)5-4-6-13(11)12/h4-6,9H,3,7-8H2,1-2H3;4-7H,3,8-9H2,1-2H3. The molecular formula is C28H32O4. The number of hydrogen-bond acceptors (Lipinski definition) is 4. The summed E-state index contributed by atoms with van der Waals surface area (Å²) in [5.74, 6) is -0.366. The van der Waals surface area contributed by atoms with Gasteiger partial charge in [-0.15, -0.1) is 0 Å². The highest BCUT2D eigenvalue weighted by Crippen LogP contribution is 2.34. The van der Waals surface area contributed by atoms with Crippen LogP contribution in [0.3, 0.4) is 0 Å². The maximum Gasteiger partial charge on any atom is 0.331 e. The first-order valence-electron chi connectivity index (χ1n) is 11.3. The number of hydrogen-bond donors (Lipinski definition) is 0. The fraction of sp³-hybridized carbons (Fsp3) is 0.357. The zero-order chi connectivity index (χ0) is 23.1. The van der Waals surface area contributed by atoms with Gasteiger partial charge in [-0.05, 0) is 91.5 Å². The van der Waals surface area contributed by atoms with Gasteiger partial charge in [-0.2, -0.15) is 0 Å². The second-order valence-corrected chi connectivity index (χ2v) is 8.04. The number of ether oxygens (including phenoxy) is 2. The smallest absolute Gasteiger partial charge is 0.331 e. The third kappa shape index (κ3) is 5.56. The topological polar surface area (TPSA) is 52.6 Å². The second-order valence-electron chi connectivity index (χ2n) is 8.04. The van der Waals surface area contributed by atoms with Crippen molar-refractivity contribution >= 4 is 23.1 Å². The molecule has 2 aromatic rings. The van der Waals surface area contributed by atoms with Gasteiger partial charge < -0.3 is 9.47 Å². The maximum absolute atomic E-state index is 11.4. The van der Waals surface area contributed by atoms with Gasteiger partial charge in [-0.25, -0.2) is 4.79 Å². The summed E-state index contributed by atoms with van der Waals surface area (Å²) in [4.78, 5) is 22.8. The van der Waals surface area contributed by atoms with E-state index >= 15 is 0 Å². The van der Waals surface area contributed by atoms with Gasteiger partial charge in [0.1, 0.15) is 0 Å². The first-order chi connectivity index (χ1) is 15.4. The lowest BCUT2D eigenvalue weighted by atomic mass is 10.00. The zero-order valence-corrected chi connectivity index (χ0v) is 19.5. The Morgan fingerprint density at radius 2 is 1.53 bits per heavy atom. The monoisotopic (exact) mass is 432 g/mol. The predicted molar refractivity (Wildman–Crippen MR) is 128 cm³/mol. The van der Waals surface area contributed by atoms with Crippen molar-refractivity contribution < 1.29 is 19.1 Å². The molecule has 2 aliphatic carbocycles. The van der Waals surface area contributed by atoms with Crippen LogP contribution in [0.25, 0.3) is 11.1 Å². The summed E-state index contributed by atoms with van der Waals surface area (Å²) >= 11 is 0. The molecule has 0 amide bonds. The van der Waals surface area contributed by atoms with E-state index in [1.807, 2.05) is 26.0 Å². The van der Waals surface area contributed by atoms with Gasteiger partial charge in [-0.1, -0.05) is 42.5 Å². The molecular weight excluding hydrogens is 400 g/mol. The van der Waals surface area contributed by atoms with Crippen LogP contribution in [-0.4, -0.2) is 25.2 Å². The normalized spacial score (nSPS) is 14.8. The van der Waals surface area contributed by atoms with Gasteiger partial charge in [0.25, 0.3) is 0 Å². The molecule has 0 radical (unpaired) electrons. The van der Waals surface area contributed by atoms with Gasteiger partial charge in [0, 0.05) is 6.08 Å². The summed E-state index contributed by atoms with van der Waals surface area (Å²) in [6.45, 7) is 8.77. The van der Waals surface area contributed by atoms with Crippen LogP contribution >= 0.6 is 0 Å². The van der Waals surface area contributed by atoms with Crippen molar-refractivity contribution in [2.45, 2.75) is 53.4 Å². The SMILES string of the molecule is CCOC(=O)C=C1CCc2c(C)cccc21.CCOC(=O)CC1=CCc2c(C)cccc21. The van der Waals surface area contributed by atoms with Crippen LogP contribution in [0.2, 0.25) is 0 Å². The molecule has 0 saturated heterocycles. The highest BCUT2D eigenvalue weighted by molar-refractivity contribution is 5.93. The molecule has 0 fully saturated rings. The Morgan fingerprint density at radius 1 is 0.875 bits per heavy atom. The fourth-order valence-corrected chi connectivity index (χ4v) is 4.35. The largest absolute Gasteiger partial charge is 0.466 e. The zero-order valence-electron chi connectivity index (χ0n) is 19.5. The van der Waals surface area contributed by atoms with Crippen molar-refractivity contribution in [1.29, 1.82) is 0 Å². The van der Waals surface area contributed by atoms with Crippen LogP contribution < -0.4 is 0 Å². The molecule has 0 atom stereocenters. The van der Waals surface area contributed by atoms with Crippen molar-refractivity contribution in [3.05, 3.63) is 81.9 Å². The Labute approximate surface area is 190 Å². The van der Waals surface area contributed by atoms with Crippen molar-refractivity contribution in [2.24, 2.45) is 0 Å². The minimum atomic E-state index is -0.230. The van der Waals surface area contributed by atoms with Crippen LogP contribution in [0.1, 0.15) is 60.1 Å². The van der Waals surface area contributed by atoms with Gasteiger partial charge in [0.15, 0.2) is 0 Å². The number of benzene rings is 2. The molecule has 2 aromatic carbocycles. The highest BCUT2D eigenvalue weighted by Gasteiger charge is 2.19. The number of aryl methyl sites for hydroxylation is 2. The van der Waals surface area contributed by atoms with Crippen LogP contribution in [-0.2, 0) is 31.9 Å². The van der Waals surface area contributed by atoms with E-state index in [1.54, 1.807) is 6.08 Å². The summed E-state index contributed by atoms with van der Waals surface area (Å²) in [5.41, 5.74) is 9.98. The van der Waals surface area contributed by atoms with Crippen LogP contribution in [0.4, 0.5) is 0 Å². The van der Waals surface area contributed by atoms with Crippen LogP contribution in [0.5, 0.6) is 0 Å². The Bertz CT molecular complexity index is 1060. The molecule has 0 spiro atoms. The fourth-order valence-electron chi connectivity index (χ4n) is 4.35. The van der Waals surface area contributed by atoms with E-state index in [0.29, 0.717) is 19.6 Å². The number of carbonyl (C=O) groups excluding carboxylic acids is 2. The highest BCUT2D eigenvalue weighted by atomic mass is 16.5. The maximum atomic E-state index is 11.4. The van der Waals surface area contributed by atoms with Gasteiger partial charge in [0.2, 0.25) is 0 Å². The van der Waals surface area contributed by atoms with Crippen LogP contribution in [0, 0.1) is 13.8 Å². The lowest BCUT2D eigenvalue weighted by molar-refractivity contribution is -0.142. The van der Waals surface area contributed by atoms with E-state index < -0.39 is 0 Å². The van der Waals surface area contributed by atoms with Crippen molar-refractivity contribution in [1.82, 2.24) is 0 Å². The number of rotatable bonds is 5.